The predicted molar refractivity (Wildman–Crippen MR) is 110 cm³/mol. The number of nitrogens with zero attached hydrogens (tertiary/aromatic N) is 4. The van der Waals surface area contributed by atoms with E-state index in [0.717, 1.165) is 5.56 Å². The maximum Gasteiger partial charge on any atom is 0.266 e. The van der Waals surface area contributed by atoms with Gasteiger partial charge in [0.25, 0.3) is 5.89 Å². The number of carbonyl (C=O) groups is 1. The molecule has 1 N–H and O–H groups in total. The van der Waals surface area contributed by atoms with Crippen molar-refractivity contribution in [2.24, 2.45) is 0 Å². The van der Waals surface area contributed by atoms with Gasteiger partial charge in [-0.25, -0.2) is 4.39 Å². The number of amides is 1. The molecule has 9 heteroatoms. The van der Waals surface area contributed by atoms with Gasteiger partial charge in [0.2, 0.25) is 17.5 Å². The Morgan fingerprint density at radius 2 is 2.00 bits per heavy atom. The summed E-state index contributed by atoms with van der Waals surface area (Å²) in [5, 5.41) is 12.3. The van der Waals surface area contributed by atoms with Crippen LogP contribution in [0.1, 0.15) is 18.2 Å². The minimum absolute atomic E-state index is 0.0877. The molecule has 1 saturated heterocycles. The number of halogens is 1. The Morgan fingerprint density at radius 3 is 2.65 bits per heavy atom. The summed E-state index contributed by atoms with van der Waals surface area (Å²) in [6.45, 7) is 4.66. The van der Waals surface area contributed by atoms with E-state index in [1.54, 1.807) is 24.3 Å². The van der Waals surface area contributed by atoms with E-state index < -0.39 is 0 Å². The zero-order chi connectivity index (χ0) is 21.8. The second kappa shape index (κ2) is 9.02. The van der Waals surface area contributed by atoms with E-state index in [2.05, 4.69) is 21.3 Å². The van der Waals surface area contributed by atoms with Crippen molar-refractivity contribution in [2.45, 2.75) is 19.5 Å². The first-order chi connectivity index (χ1) is 15.0. The van der Waals surface area contributed by atoms with Crippen LogP contribution < -0.4 is 10.2 Å². The van der Waals surface area contributed by atoms with Crippen LogP contribution in [0.5, 0.6) is 0 Å². The zero-order valence-electron chi connectivity index (χ0n) is 17.0. The number of nitrogens with one attached hydrogen (secondary N) is 1. The molecule has 0 saturated carbocycles. The van der Waals surface area contributed by atoms with Gasteiger partial charge < -0.3 is 19.1 Å². The average Bonchev–Trinajstić information content (AvgIpc) is 3.48. The number of aromatic nitrogens is 1. The van der Waals surface area contributed by atoms with Gasteiger partial charge in [0, 0.05) is 32.7 Å². The smallest absolute Gasteiger partial charge is 0.266 e. The molecule has 1 aliphatic heterocycles. The number of furan rings is 1. The van der Waals surface area contributed by atoms with E-state index in [4.69, 9.17) is 8.83 Å². The topological polar surface area (TPSA) is 98.5 Å². The minimum Gasteiger partial charge on any atom is -0.459 e. The van der Waals surface area contributed by atoms with Gasteiger partial charge in [-0.15, -0.1) is 0 Å². The summed E-state index contributed by atoms with van der Waals surface area (Å²) in [5.41, 5.74) is 1.05. The van der Waals surface area contributed by atoms with E-state index in [1.807, 2.05) is 11.8 Å². The van der Waals surface area contributed by atoms with Crippen LogP contribution >= 0.6 is 0 Å². The summed E-state index contributed by atoms with van der Waals surface area (Å²) in [4.78, 5) is 20.8. The zero-order valence-corrected chi connectivity index (χ0v) is 17.0. The predicted octanol–water partition coefficient (Wildman–Crippen LogP) is 2.77. The van der Waals surface area contributed by atoms with Crippen LogP contribution in [-0.2, 0) is 11.3 Å². The van der Waals surface area contributed by atoms with Crippen LogP contribution in [0.2, 0.25) is 0 Å². The summed E-state index contributed by atoms with van der Waals surface area (Å²) < 4.78 is 24.1. The van der Waals surface area contributed by atoms with Crippen molar-refractivity contribution in [1.29, 1.82) is 5.26 Å². The second-order valence-corrected chi connectivity index (χ2v) is 7.31. The second-order valence-electron chi connectivity index (χ2n) is 7.31. The van der Waals surface area contributed by atoms with Gasteiger partial charge in [-0.05, 0) is 36.8 Å². The first-order valence-electron chi connectivity index (χ1n) is 10.0. The number of hydrogen-bond donors (Lipinski definition) is 1. The number of piperazine rings is 1. The fourth-order valence-electron chi connectivity index (χ4n) is 3.52. The molecule has 0 radical (unpaired) electrons. The molecule has 2 aromatic heterocycles. The molecule has 160 valence electrons. The molecule has 1 amide bonds. The van der Waals surface area contributed by atoms with Crippen molar-refractivity contribution in [1.82, 2.24) is 15.2 Å². The van der Waals surface area contributed by atoms with Gasteiger partial charge in [-0.1, -0.05) is 12.1 Å². The molecule has 8 nitrogen and oxygen atoms in total. The van der Waals surface area contributed by atoms with Gasteiger partial charge in [-0.2, -0.15) is 10.2 Å². The van der Waals surface area contributed by atoms with Crippen LogP contribution in [0.4, 0.5) is 10.3 Å². The highest BCUT2D eigenvalue weighted by Crippen LogP contribution is 2.29. The number of anilines is 1. The quantitative estimate of drug-likeness (QED) is 0.651. The van der Waals surface area contributed by atoms with E-state index in [-0.39, 0.29) is 29.4 Å². The lowest BCUT2D eigenvalue weighted by Gasteiger charge is -2.37. The average molecular weight is 423 g/mol. The van der Waals surface area contributed by atoms with Crippen LogP contribution in [0.15, 0.2) is 51.5 Å². The number of nitriles is 1. The number of hydrogen-bond acceptors (Lipinski definition) is 7. The van der Waals surface area contributed by atoms with Gasteiger partial charge >= 0.3 is 0 Å². The van der Waals surface area contributed by atoms with Gasteiger partial charge in [0.15, 0.2) is 5.76 Å². The Balaban J connectivity index is 1.33. The molecule has 1 fully saturated rings. The maximum atomic E-state index is 13.0. The largest absolute Gasteiger partial charge is 0.459 e. The van der Waals surface area contributed by atoms with Gasteiger partial charge in [0.05, 0.1) is 12.3 Å². The van der Waals surface area contributed by atoms with Gasteiger partial charge in [0.1, 0.15) is 11.9 Å². The van der Waals surface area contributed by atoms with Crippen molar-refractivity contribution in [2.75, 3.05) is 31.1 Å². The fourth-order valence-corrected chi connectivity index (χ4v) is 3.52. The highest BCUT2D eigenvalue weighted by molar-refractivity contribution is 5.81. The van der Waals surface area contributed by atoms with E-state index in [1.165, 1.54) is 18.4 Å². The Morgan fingerprint density at radius 1 is 1.26 bits per heavy atom. The minimum atomic E-state index is -0.313. The standard InChI is InChI=1S/C22H22FN5O3/c1-15(20(29)25-14-16-4-6-17(23)7-5-16)27-8-10-28(11-9-27)22-18(13-24)26-21(31-22)19-3-2-12-30-19/h2-7,12,15H,8-11,14H2,1H3,(H,25,29). The molecule has 0 aliphatic carbocycles. The summed E-state index contributed by atoms with van der Waals surface area (Å²) in [5.74, 6) is 0.765. The number of oxazole rings is 1. The lowest BCUT2D eigenvalue weighted by atomic mass is 10.2. The molecule has 1 unspecified atom stereocenters. The summed E-state index contributed by atoms with van der Waals surface area (Å²) in [7, 11) is 0. The van der Waals surface area contributed by atoms with Crippen LogP contribution in [-0.4, -0.2) is 48.0 Å². The number of carbonyl (C=O) groups excluding carboxylic acids is 1. The molecule has 1 atom stereocenters. The summed E-state index contributed by atoms with van der Waals surface area (Å²) >= 11 is 0. The van der Waals surface area contributed by atoms with Crippen LogP contribution in [0, 0.1) is 17.1 Å². The molecule has 4 rings (SSSR count). The number of benzene rings is 1. The molecule has 1 aliphatic rings. The Labute approximate surface area is 178 Å². The van der Waals surface area contributed by atoms with Crippen molar-refractivity contribution in [3.05, 3.63) is 59.7 Å². The molecule has 3 heterocycles. The maximum absolute atomic E-state index is 13.0. The lowest BCUT2D eigenvalue weighted by molar-refractivity contribution is -0.126. The molecule has 0 spiro atoms. The highest BCUT2D eigenvalue weighted by atomic mass is 19.1. The molecular formula is C22H22FN5O3. The first-order valence-corrected chi connectivity index (χ1v) is 10.0. The Bertz CT molecular complexity index is 1060. The third-order valence-electron chi connectivity index (χ3n) is 5.36. The van der Waals surface area contributed by atoms with Crippen LogP contribution in [0.3, 0.4) is 0 Å². The third kappa shape index (κ3) is 4.59. The van der Waals surface area contributed by atoms with E-state index in [9.17, 15) is 14.4 Å². The monoisotopic (exact) mass is 423 g/mol. The molecular weight excluding hydrogens is 401 g/mol. The summed E-state index contributed by atoms with van der Waals surface area (Å²) in [6.07, 6.45) is 1.52. The SMILES string of the molecule is CC(C(=O)NCc1ccc(F)cc1)N1CCN(c2oc(-c3ccco3)nc2C#N)CC1. The molecule has 0 bridgehead atoms. The van der Waals surface area contributed by atoms with Crippen LogP contribution in [0.25, 0.3) is 11.7 Å². The Hall–Kier alpha value is -3.64. The number of rotatable bonds is 6. The fraction of sp³-hybridized carbons (Fsp3) is 0.318. The van der Waals surface area contributed by atoms with Crippen molar-refractivity contribution >= 4 is 11.8 Å². The van der Waals surface area contributed by atoms with Crippen molar-refractivity contribution in [3.63, 3.8) is 0 Å². The van der Waals surface area contributed by atoms with Crippen molar-refractivity contribution in [3.8, 4) is 17.7 Å². The normalized spacial score (nSPS) is 15.5. The molecule has 1 aromatic carbocycles. The summed E-state index contributed by atoms with van der Waals surface area (Å²) in [6, 6.07) is 11.3. The molecule has 31 heavy (non-hydrogen) atoms. The van der Waals surface area contributed by atoms with E-state index in [0.29, 0.717) is 44.4 Å². The third-order valence-corrected chi connectivity index (χ3v) is 5.36. The van der Waals surface area contributed by atoms with E-state index >= 15 is 0 Å². The molecule has 3 aromatic rings. The van der Waals surface area contributed by atoms with Gasteiger partial charge in [-0.3, -0.25) is 9.69 Å². The first kappa shape index (κ1) is 20.6. The van der Waals surface area contributed by atoms with Crippen molar-refractivity contribution < 1.29 is 18.0 Å². The lowest BCUT2D eigenvalue weighted by Crippen LogP contribution is -2.54. The Kier molecular flexibility index (Phi) is 6.00. The highest BCUT2D eigenvalue weighted by Gasteiger charge is 2.29.